The van der Waals surface area contributed by atoms with Gasteiger partial charge in [-0.3, -0.25) is 0 Å². The summed E-state index contributed by atoms with van der Waals surface area (Å²) < 4.78 is 22.4. The van der Waals surface area contributed by atoms with E-state index in [1.54, 1.807) is 6.92 Å². The zero-order chi connectivity index (χ0) is 16.4. The van der Waals surface area contributed by atoms with Gasteiger partial charge in [-0.2, -0.15) is 0 Å². The van der Waals surface area contributed by atoms with Gasteiger partial charge in [0.15, 0.2) is 0 Å². The Kier molecular flexibility index (Phi) is 5.73. The van der Waals surface area contributed by atoms with E-state index in [2.05, 4.69) is 26.6 Å². The molecule has 0 saturated carbocycles. The third-order valence-corrected chi connectivity index (χ3v) is 6.26. The van der Waals surface area contributed by atoms with Crippen LogP contribution in [0.15, 0.2) is 0 Å². The second kappa shape index (κ2) is 6.87. The molecule has 22 heavy (non-hydrogen) atoms. The molecule has 0 unspecified atom stereocenters. The van der Waals surface area contributed by atoms with Crippen LogP contribution in [0.3, 0.4) is 0 Å². The highest BCUT2D eigenvalue weighted by molar-refractivity contribution is 6.76. The molecule has 0 amide bonds. The van der Waals surface area contributed by atoms with Crippen LogP contribution in [0.2, 0.25) is 25.7 Å². The topological polar surface area (TPSA) is 60.5 Å². The fraction of sp³-hybridized carbons (Fsp3) is 1.00. The molecule has 0 spiro atoms. The second-order valence-electron chi connectivity index (χ2n) is 8.33. The molecule has 2 aliphatic heterocycles. The Labute approximate surface area is 135 Å². The molecule has 2 saturated heterocycles. The van der Waals surface area contributed by atoms with Crippen LogP contribution in [0, 0.1) is 0 Å². The summed E-state index contributed by atoms with van der Waals surface area (Å²) >= 11 is 0. The Hall–Kier alpha value is 0.0169. The molecule has 0 aromatic heterocycles. The fourth-order valence-corrected chi connectivity index (χ4v) is 3.44. The van der Waals surface area contributed by atoms with Crippen LogP contribution in [0.4, 0.5) is 0 Å². The van der Waals surface area contributed by atoms with Crippen molar-refractivity contribution in [3.63, 3.8) is 0 Å². The fourth-order valence-electron chi connectivity index (χ4n) is 2.68. The molecule has 0 aliphatic carbocycles. The normalized spacial score (nSPS) is 34.6. The Morgan fingerprint density at radius 3 is 2.55 bits per heavy atom. The van der Waals surface area contributed by atoms with Crippen molar-refractivity contribution in [2.45, 2.75) is 75.8 Å². The Balaban J connectivity index is 1.62. The number of aliphatic hydroxyl groups is 1. The maximum Gasteiger partial charge on any atom is 0.146 e. The minimum Gasteiger partial charge on any atom is -0.385 e. The van der Waals surface area contributed by atoms with Gasteiger partial charge in [0, 0.05) is 14.7 Å². The van der Waals surface area contributed by atoms with Crippen molar-refractivity contribution in [2.24, 2.45) is 0 Å². The van der Waals surface area contributed by atoms with Gasteiger partial charge in [-0.25, -0.2) is 0 Å². The van der Waals surface area contributed by atoms with Gasteiger partial charge in [0.1, 0.15) is 18.0 Å². The predicted octanol–water partition coefficient (Wildman–Crippen LogP) is 2.40. The van der Waals surface area contributed by atoms with Crippen LogP contribution in [-0.4, -0.2) is 63.2 Å². The summed E-state index contributed by atoms with van der Waals surface area (Å²) in [6.45, 7) is 12.8. The Morgan fingerprint density at radius 1 is 1.27 bits per heavy atom. The molecule has 0 aromatic rings. The van der Waals surface area contributed by atoms with Gasteiger partial charge in [-0.05, 0) is 32.7 Å². The van der Waals surface area contributed by atoms with Crippen LogP contribution in [0.5, 0.6) is 0 Å². The number of epoxide rings is 1. The van der Waals surface area contributed by atoms with Crippen LogP contribution < -0.4 is 0 Å². The quantitative estimate of drug-likeness (QED) is 0.304. The molecule has 2 rings (SSSR count). The van der Waals surface area contributed by atoms with E-state index < -0.39 is 13.7 Å². The number of rotatable bonds is 9. The summed E-state index contributed by atoms with van der Waals surface area (Å²) in [6.07, 6.45) is 1.68. The maximum atomic E-state index is 10.6. The van der Waals surface area contributed by atoms with Crippen LogP contribution in [0.25, 0.3) is 0 Å². The molecule has 2 heterocycles. The minimum absolute atomic E-state index is 0.0944. The summed E-state index contributed by atoms with van der Waals surface area (Å²) in [4.78, 5) is 0. The SMILES string of the molecule is C[C@]1([C@@H]2CC[C@@H]([C@](C)(O)COCOCC[Si](C)(C)C)O2)CO1. The van der Waals surface area contributed by atoms with Crippen LogP contribution >= 0.6 is 0 Å². The van der Waals surface area contributed by atoms with Crippen molar-refractivity contribution in [3.05, 3.63) is 0 Å². The van der Waals surface area contributed by atoms with E-state index >= 15 is 0 Å². The summed E-state index contributed by atoms with van der Waals surface area (Å²) in [5.41, 5.74) is -1.12. The zero-order valence-electron chi connectivity index (χ0n) is 14.7. The number of ether oxygens (including phenoxy) is 4. The van der Waals surface area contributed by atoms with Gasteiger partial charge < -0.3 is 24.1 Å². The number of hydrogen-bond donors (Lipinski definition) is 1. The van der Waals surface area contributed by atoms with Crippen molar-refractivity contribution in [1.29, 1.82) is 0 Å². The standard InChI is InChI=1S/C16H32O5Si/c1-15(17,10-19-12-18-8-9-22(3,4)5)13-6-7-14(21-13)16(2)11-20-16/h13-14,17H,6-12H2,1-5H3/t13-,14-,15+,16+/m0/s1. The molecule has 4 atom stereocenters. The molecule has 0 radical (unpaired) electrons. The lowest BCUT2D eigenvalue weighted by Gasteiger charge is -2.30. The van der Waals surface area contributed by atoms with E-state index in [9.17, 15) is 5.11 Å². The second-order valence-corrected chi connectivity index (χ2v) is 14.0. The highest BCUT2D eigenvalue weighted by atomic mass is 28.3. The maximum absolute atomic E-state index is 10.6. The largest absolute Gasteiger partial charge is 0.385 e. The van der Waals surface area contributed by atoms with E-state index in [0.29, 0.717) is 0 Å². The summed E-state index contributed by atoms with van der Waals surface area (Å²) in [7, 11) is -1.06. The van der Waals surface area contributed by atoms with Crippen molar-refractivity contribution in [1.82, 2.24) is 0 Å². The lowest BCUT2D eigenvalue weighted by molar-refractivity contribution is -0.158. The number of hydrogen-bond acceptors (Lipinski definition) is 5. The highest BCUT2D eigenvalue weighted by Crippen LogP contribution is 2.41. The van der Waals surface area contributed by atoms with Crippen molar-refractivity contribution >= 4 is 8.07 Å². The third kappa shape index (κ3) is 5.28. The first-order valence-electron chi connectivity index (χ1n) is 8.30. The molecule has 2 fully saturated rings. The molecule has 5 nitrogen and oxygen atoms in total. The Morgan fingerprint density at radius 2 is 1.95 bits per heavy atom. The van der Waals surface area contributed by atoms with Gasteiger partial charge in [-0.15, -0.1) is 0 Å². The average Bonchev–Trinajstić information content (AvgIpc) is 2.95. The summed E-state index contributed by atoms with van der Waals surface area (Å²) in [5, 5.41) is 10.6. The van der Waals surface area contributed by atoms with Gasteiger partial charge in [0.25, 0.3) is 0 Å². The average molecular weight is 333 g/mol. The summed E-state index contributed by atoms with van der Waals surface area (Å²) in [5.74, 6) is 0. The smallest absolute Gasteiger partial charge is 0.146 e. The van der Waals surface area contributed by atoms with E-state index in [4.69, 9.17) is 18.9 Å². The first-order valence-corrected chi connectivity index (χ1v) is 12.0. The van der Waals surface area contributed by atoms with Gasteiger partial charge in [0.05, 0.1) is 25.4 Å². The first-order chi connectivity index (χ1) is 10.1. The highest BCUT2D eigenvalue weighted by Gasteiger charge is 2.53. The van der Waals surface area contributed by atoms with E-state index in [0.717, 1.165) is 32.1 Å². The molecular weight excluding hydrogens is 300 g/mol. The molecule has 1 N–H and O–H groups in total. The monoisotopic (exact) mass is 332 g/mol. The van der Waals surface area contributed by atoms with Gasteiger partial charge >= 0.3 is 0 Å². The van der Waals surface area contributed by atoms with E-state index in [1.807, 2.05) is 0 Å². The summed E-state index contributed by atoms with van der Waals surface area (Å²) in [6, 6.07) is 1.12. The van der Waals surface area contributed by atoms with E-state index in [-0.39, 0.29) is 31.2 Å². The third-order valence-electron chi connectivity index (χ3n) is 4.55. The Bertz CT molecular complexity index is 362. The zero-order valence-corrected chi connectivity index (χ0v) is 15.7. The molecule has 130 valence electrons. The van der Waals surface area contributed by atoms with Crippen molar-refractivity contribution in [2.75, 3.05) is 26.6 Å². The van der Waals surface area contributed by atoms with Gasteiger partial charge in [-0.1, -0.05) is 19.6 Å². The molecule has 6 heteroatoms. The lowest BCUT2D eigenvalue weighted by Crippen LogP contribution is -2.44. The molecular formula is C16H32O5Si. The van der Waals surface area contributed by atoms with Crippen LogP contribution in [0.1, 0.15) is 26.7 Å². The molecule has 2 aliphatic rings. The van der Waals surface area contributed by atoms with Crippen molar-refractivity contribution in [3.8, 4) is 0 Å². The van der Waals surface area contributed by atoms with Gasteiger partial charge in [0.2, 0.25) is 0 Å². The van der Waals surface area contributed by atoms with E-state index in [1.165, 1.54) is 0 Å². The molecule has 0 aromatic carbocycles. The lowest BCUT2D eigenvalue weighted by atomic mass is 9.96. The first kappa shape index (κ1) is 18.4. The molecule has 0 bridgehead atoms. The van der Waals surface area contributed by atoms with Crippen molar-refractivity contribution < 1.29 is 24.1 Å². The minimum atomic E-state index is -1.06. The van der Waals surface area contributed by atoms with Crippen LogP contribution in [-0.2, 0) is 18.9 Å². The predicted molar refractivity (Wildman–Crippen MR) is 87.8 cm³/mol.